The highest BCUT2D eigenvalue weighted by atomic mass is 16.5. The van der Waals surface area contributed by atoms with Crippen molar-refractivity contribution in [3.8, 4) is 11.5 Å². The molecule has 0 saturated heterocycles. The number of rotatable bonds is 7. The molecular formula is C17H27NO3. The number of benzene rings is 1. The van der Waals surface area contributed by atoms with Crippen LogP contribution in [-0.4, -0.2) is 30.5 Å². The Morgan fingerprint density at radius 2 is 2.00 bits per heavy atom. The third-order valence-electron chi connectivity index (χ3n) is 4.66. The van der Waals surface area contributed by atoms with Crippen molar-refractivity contribution in [3.63, 3.8) is 0 Å². The maximum Gasteiger partial charge on any atom is 0.123 e. The van der Waals surface area contributed by atoms with Crippen LogP contribution < -0.4 is 10.1 Å². The molecule has 0 bridgehead atoms. The van der Waals surface area contributed by atoms with Gasteiger partial charge in [-0.3, -0.25) is 0 Å². The maximum atomic E-state index is 9.97. The molecule has 1 saturated carbocycles. The summed E-state index contributed by atoms with van der Waals surface area (Å²) in [5.74, 6) is 0.932. The van der Waals surface area contributed by atoms with Crippen LogP contribution in [0.4, 0.5) is 0 Å². The average molecular weight is 293 g/mol. The summed E-state index contributed by atoms with van der Waals surface area (Å²) in [6.45, 7) is 1.80. The molecule has 0 heterocycles. The summed E-state index contributed by atoms with van der Waals surface area (Å²) in [5, 5.41) is 22.8. The summed E-state index contributed by atoms with van der Waals surface area (Å²) < 4.78 is 5.09. The van der Waals surface area contributed by atoms with Gasteiger partial charge in [0.25, 0.3) is 0 Å². The molecule has 118 valence electrons. The fourth-order valence-corrected chi connectivity index (χ4v) is 3.34. The molecule has 4 nitrogen and oxygen atoms in total. The maximum absolute atomic E-state index is 9.97. The van der Waals surface area contributed by atoms with Gasteiger partial charge in [0.05, 0.1) is 7.11 Å². The lowest BCUT2D eigenvalue weighted by Gasteiger charge is -2.37. The molecule has 0 amide bonds. The van der Waals surface area contributed by atoms with E-state index in [-0.39, 0.29) is 17.8 Å². The van der Waals surface area contributed by atoms with Crippen molar-refractivity contribution >= 4 is 0 Å². The second-order valence-electron chi connectivity index (χ2n) is 6.13. The highest BCUT2D eigenvalue weighted by molar-refractivity contribution is 5.39. The molecule has 0 unspecified atom stereocenters. The molecule has 0 radical (unpaired) electrons. The molecule has 0 aliphatic heterocycles. The van der Waals surface area contributed by atoms with Crippen LogP contribution in [0.15, 0.2) is 18.2 Å². The largest absolute Gasteiger partial charge is 0.507 e. The number of aliphatic hydroxyl groups excluding tert-OH is 1. The van der Waals surface area contributed by atoms with E-state index in [1.807, 2.05) is 12.1 Å². The van der Waals surface area contributed by atoms with E-state index in [0.29, 0.717) is 12.3 Å². The fourth-order valence-electron chi connectivity index (χ4n) is 3.34. The smallest absolute Gasteiger partial charge is 0.123 e. The van der Waals surface area contributed by atoms with E-state index in [9.17, 15) is 10.2 Å². The van der Waals surface area contributed by atoms with Gasteiger partial charge in [-0.2, -0.15) is 0 Å². The van der Waals surface area contributed by atoms with E-state index in [0.717, 1.165) is 18.5 Å². The van der Waals surface area contributed by atoms with Gasteiger partial charge in [0.15, 0.2) is 0 Å². The Labute approximate surface area is 127 Å². The molecular weight excluding hydrogens is 266 g/mol. The van der Waals surface area contributed by atoms with Crippen molar-refractivity contribution in [1.29, 1.82) is 0 Å². The first-order valence-electron chi connectivity index (χ1n) is 7.87. The van der Waals surface area contributed by atoms with Crippen molar-refractivity contribution < 1.29 is 14.9 Å². The lowest BCUT2D eigenvalue weighted by molar-refractivity contribution is 0.126. The van der Waals surface area contributed by atoms with Crippen LogP contribution in [0.1, 0.15) is 44.1 Å². The lowest BCUT2D eigenvalue weighted by atomic mass is 9.72. The van der Waals surface area contributed by atoms with Crippen LogP contribution in [0, 0.1) is 5.41 Å². The topological polar surface area (TPSA) is 61.7 Å². The minimum atomic E-state index is 0.231. The Bertz CT molecular complexity index is 436. The van der Waals surface area contributed by atoms with Gasteiger partial charge in [0, 0.05) is 31.3 Å². The van der Waals surface area contributed by atoms with E-state index in [1.165, 1.54) is 32.1 Å². The molecule has 1 aromatic carbocycles. The van der Waals surface area contributed by atoms with Gasteiger partial charge in [-0.1, -0.05) is 25.3 Å². The Balaban J connectivity index is 1.90. The Morgan fingerprint density at radius 3 is 2.62 bits per heavy atom. The van der Waals surface area contributed by atoms with E-state index >= 15 is 0 Å². The standard InChI is InChI=1S/C17H27NO3/c1-21-15-6-5-14(16(20)11-15)12-18-13-17(9-10-19)7-3-2-4-8-17/h5-6,11,18-20H,2-4,7-10,12-13H2,1H3. The van der Waals surface area contributed by atoms with Crippen LogP contribution in [0.5, 0.6) is 11.5 Å². The van der Waals surface area contributed by atoms with Crippen LogP contribution in [0.3, 0.4) is 0 Å². The Kier molecular flexibility index (Phi) is 5.88. The molecule has 3 N–H and O–H groups in total. The average Bonchev–Trinajstić information content (AvgIpc) is 2.50. The van der Waals surface area contributed by atoms with E-state index in [1.54, 1.807) is 13.2 Å². The van der Waals surface area contributed by atoms with Crippen molar-refractivity contribution in [3.05, 3.63) is 23.8 Å². The number of hydrogen-bond acceptors (Lipinski definition) is 4. The second-order valence-corrected chi connectivity index (χ2v) is 6.13. The van der Waals surface area contributed by atoms with Gasteiger partial charge in [0.1, 0.15) is 11.5 Å². The number of aliphatic hydroxyl groups is 1. The highest BCUT2D eigenvalue weighted by Crippen LogP contribution is 2.38. The van der Waals surface area contributed by atoms with Crippen molar-refractivity contribution in [1.82, 2.24) is 5.32 Å². The first-order chi connectivity index (χ1) is 10.2. The number of methoxy groups -OCH3 is 1. The first kappa shape index (κ1) is 16.1. The zero-order valence-electron chi connectivity index (χ0n) is 12.9. The monoisotopic (exact) mass is 293 g/mol. The Hall–Kier alpha value is -1.26. The molecule has 1 aliphatic carbocycles. The number of hydrogen-bond donors (Lipinski definition) is 3. The number of phenolic OH excluding ortho intramolecular Hbond substituents is 1. The number of aromatic hydroxyl groups is 1. The normalized spacial score (nSPS) is 17.6. The summed E-state index contributed by atoms with van der Waals surface area (Å²) >= 11 is 0. The minimum absolute atomic E-state index is 0.231. The van der Waals surface area contributed by atoms with Gasteiger partial charge in [0.2, 0.25) is 0 Å². The third kappa shape index (κ3) is 4.35. The molecule has 0 spiro atoms. The molecule has 1 fully saturated rings. The molecule has 0 aromatic heterocycles. The number of ether oxygens (including phenoxy) is 1. The van der Waals surface area contributed by atoms with E-state index in [4.69, 9.17) is 4.74 Å². The zero-order valence-corrected chi connectivity index (χ0v) is 12.9. The van der Waals surface area contributed by atoms with Crippen molar-refractivity contribution in [2.45, 2.75) is 45.1 Å². The van der Waals surface area contributed by atoms with E-state index in [2.05, 4.69) is 5.32 Å². The predicted molar refractivity (Wildman–Crippen MR) is 83.6 cm³/mol. The van der Waals surface area contributed by atoms with Crippen LogP contribution >= 0.6 is 0 Å². The summed E-state index contributed by atoms with van der Waals surface area (Å²) in [7, 11) is 1.59. The summed E-state index contributed by atoms with van der Waals surface area (Å²) in [6, 6.07) is 5.39. The predicted octanol–water partition coefficient (Wildman–Crippen LogP) is 2.82. The van der Waals surface area contributed by atoms with Gasteiger partial charge in [-0.15, -0.1) is 0 Å². The summed E-state index contributed by atoms with van der Waals surface area (Å²) in [5.41, 5.74) is 1.11. The molecule has 1 aromatic rings. The van der Waals surface area contributed by atoms with Crippen LogP contribution in [0.2, 0.25) is 0 Å². The summed E-state index contributed by atoms with van der Waals surface area (Å²) in [6.07, 6.45) is 7.08. The quantitative estimate of drug-likeness (QED) is 0.723. The third-order valence-corrected chi connectivity index (χ3v) is 4.66. The van der Waals surface area contributed by atoms with Crippen molar-refractivity contribution in [2.75, 3.05) is 20.3 Å². The van der Waals surface area contributed by atoms with Gasteiger partial charge >= 0.3 is 0 Å². The highest BCUT2D eigenvalue weighted by Gasteiger charge is 2.30. The molecule has 1 aliphatic rings. The lowest BCUT2D eigenvalue weighted by Crippen LogP contribution is -2.36. The number of nitrogens with one attached hydrogen (secondary N) is 1. The number of phenols is 1. The van der Waals surface area contributed by atoms with Crippen LogP contribution in [-0.2, 0) is 6.54 Å². The Morgan fingerprint density at radius 1 is 1.24 bits per heavy atom. The molecule has 4 heteroatoms. The van der Waals surface area contributed by atoms with E-state index < -0.39 is 0 Å². The van der Waals surface area contributed by atoms with Crippen molar-refractivity contribution in [2.24, 2.45) is 5.41 Å². The zero-order chi connectivity index (χ0) is 15.1. The fraction of sp³-hybridized carbons (Fsp3) is 0.647. The second kappa shape index (κ2) is 7.66. The van der Waals surface area contributed by atoms with Gasteiger partial charge in [-0.25, -0.2) is 0 Å². The summed E-state index contributed by atoms with van der Waals surface area (Å²) in [4.78, 5) is 0. The molecule has 0 atom stereocenters. The first-order valence-corrected chi connectivity index (χ1v) is 7.87. The van der Waals surface area contributed by atoms with Crippen LogP contribution in [0.25, 0.3) is 0 Å². The minimum Gasteiger partial charge on any atom is -0.507 e. The SMILES string of the molecule is COc1ccc(CNCC2(CCO)CCCCC2)c(O)c1. The van der Waals surface area contributed by atoms with Gasteiger partial charge < -0.3 is 20.3 Å². The molecule has 21 heavy (non-hydrogen) atoms. The van der Waals surface area contributed by atoms with Gasteiger partial charge in [-0.05, 0) is 30.7 Å². The molecule has 2 rings (SSSR count).